The van der Waals surface area contributed by atoms with Crippen LogP contribution < -0.4 is 5.32 Å². The Kier molecular flexibility index (Phi) is 5.84. The number of nitrogens with one attached hydrogen (secondary N) is 1. The Bertz CT molecular complexity index is 863. The number of thiazole rings is 1. The Hall–Kier alpha value is -2.18. The minimum Gasteiger partial charge on any atom is -0.448 e. The minimum absolute atomic E-state index is 0.194. The Balaban J connectivity index is 1.26. The highest BCUT2D eigenvalue weighted by Gasteiger charge is 2.15. The predicted molar refractivity (Wildman–Crippen MR) is 107 cm³/mol. The largest absolute Gasteiger partial charge is 0.448 e. The van der Waals surface area contributed by atoms with Crippen LogP contribution in [0.15, 0.2) is 40.8 Å². The number of fused-ring (bicyclic) bond motifs is 1. The molecular weight excluding hydrogens is 360 g/mol. The van der Waals surface area contributed by atoms with E-state index in [4.69, 9.17) is 9.15 Å². The van der Waals surface area contributed by atoms with Crippen molar-refractivity contribution in [3.05, 3.63) is 42.2 Å². The summed E-state index contributed by atoms with van der Waals surface area (Å²) in [4.78, 5) is 16.8. The molecule has 2 aromatic heterocycles. The van der Waals surface area contributed by atoms with Gasteiger partial charge in [-0.3, -0.25) is 4.79 Å². The molecule has 0 bridgehead atoms. The average Bonchev–Trinajstić information content (AvgIpc) is 3.35. The molecule has 6 heteroatoms. The van der Waals surface area contributed by atoms with Crippen molar-refractivity contribution in [1.82, 2.24) is 10.3 Å². The van der Waals surface area contributed by atoms with E-state index in [0.29, 0.717) is 30.8 Å². The van der Waals surface area contributed by atoms with Crippen LogP contribution in [0, 0.1) is 0 Å². The molecule has 0 unspecified atom stereocenters. The molecule has 27 heavy (non-hydrogen) atoms. The summed E-state index contributed by atoms with van der Waals surface area (Å²) < 4.78 is 12.7. The van der Waals surface area contributed by atoms with E-state index in [-0.39, 0.29) is 5.91 Å². The number of aromatic nitrogens is 1. The molecule has 142 valence electrons. The molecule has 1 aromatic carbocycles. The van der Waals surface area contributed by atoms with E-state index in [1.54, 1.807) is 23.5 Å². The van der Waals surface area contributed by atoms with E-state index in [2.05, 4.69) is 10.3 Å². The highest BCUT2D eigenvalue weighted by molar-refractivity contribution is 7.21. The van der Waals surface area contributed by atoms with E-state index in [1.807, 2.05) is 24.3 Å². The van der Waals surface area contributed by atoms with Crippen LogP contribution in [0.5, 0.6) is 0 Å². The number of benzene rings is 1. The van der Waals surface area contributed by atoms with Gasteiger partial charge in [0.25, 0.3) is 5.91 Å². The molecule has 0 spiro atoms. The van der Waals surface area contributed by atoms with Crippen molar-refractivity contribution in [3.63, 3.8) is 0 Å². The SMILES string of the molecule is O=C(NCCCOC1CCCCC1)c1ccc(-c2nc3ccccc3s2)o1. The van der Waals surface area contributed by atoms with E-state index < -0.39 is 0 Å². The number of ether oxygens (including phenoxy) is 1. The molecule has 0 radical (unpaired) electrons. The Morgan fingerprint density at radius 2 is 2.04 bits per heavy atom. The fraction of sp³-hybridized carbons (Fsp3) is 0.429. The highest BCUT2D eigenvalue weighted by Crippen LogP contribution is 2.31. The molecule has 0 aliphatic heterocycles. The number of amides is 1. The van der Waals surface area contributed by atoms with Crippen LogP contribution in [0.3, 0.4) is 0 Å². The lowest BCUT2D eigenvalue weighted by molar-refractivity contribution is 0.0273. The fourth-order valence-electron chi connectivity index (χ4n) is 3.40. The Morgan fingerprint density at radius 1 is 1.19 bits per heavy atom. The molecule has 1 saturated carbocycles. The molecular formula is C21H24N2O3S. The van der Waals surface area contributed by atoms with Crippen molar-refractivity contribution in [2.45, 2.75) is 44.6 Å². The fourth-order valence-corrected chi connectivity index (χ4v) is 4.32. The van der Waals surface area contributed by atoms with Crippen LogP contribution in [-0.4, -0.2) is 30.1 Å². The number of carbonyl (C=O) groups excluding carboxylic acids is 1. The second-order valence-corrected chi connectivity index (χ2v) is 7.92. The van der Waals surface area contributed by atoms with Gasteiger partial charge in [0.15, 0.2) is 16.5 Å². The molecule has 2 heterocycles. The van der Waals surface area contributed by atoms with Crippen molar-refractivity contribution < 1.29 is 13.9 Å². The van der Waals surface area contributed by atoms with Crippen molar-refractivity contribution >= 4 is 27.5 Å². The topological polar surface area (TPSA) is 64.4 Å². The molecule has 1 aliphatic rings. The van der Waals surface area contributed by atoms with Crippen LogP contribution in [0.2, 0.25) is 0 Å². The maximum Gasteiger partial charge on any atom is 0.287 e. The van der Waals surface area contributed by atoms with Crippen LogP contribution in [-0.2, 0) is 4.74 Å². The number of para-hydroxylation sites is 1. The zero-order valence-electron chi connectivity index (χ0n) is 15.3. The predicted octanol–water partition coefficient (Wildman–Crippen LogP) is 5.03. The molecule has 0 saturated heterocycles. The first-order valence-corrected chi connectivity index (χ1v) is 10.5. The van der Waals surface area contributed by atoms with Gasteiger partial charge in [-0.1, -0.05) is 31.4 Å². The number of furan rings is 1. The van der Waals surface area contributed by atoms with Gasteiger partial charge in [-0.15, -0.1) is 11.3 Å². The summed E-state index contributed by atoms with van der Waals surface area (Å²) in [5, 5.41) is 3.69. The number of hydrogen-bond acceptors (Lipinski definition) is 5. The molecule has 1 aliphatic carbocycles. The van der Waals surface area contributed by atoms with Gasteiger partial charge in [0.2, 0.25) is 0 Å². The molecule has 4 rings (SSSR count). The van der Waals surface area contributed by atoms with Crippen LogP contribution >= 0.6 is 11.3 Å². The minimum atomic E-state index is -0.194. The van der Waals surface area contributed by atoms with Gasteiger partial charge in [-0.05, 0) is 43.5 Å². The summed E-state index contributed by atoms with van der Waals surface area (Å²) in [6.07, 6.45) is 7.45. The standard InChI is InChI=1S/C21H24N2O3S/c24-20(22-13-6-14-25-15-7-2-1-3-8-15)17-11-12-18(26-17)21-23-16-9-4-5-10-19(16)27-21/h4-5,9-12,15H,1-3,6-8,13-14H2,(H,22,24). The maximum atomic E-state index is 12.3. The third kappa shape index (κ3) is 4.57. The summed E-state index contributed by atoms with van der Waals surface area (Å²) >= 11 is 1.56. The van der Waals surface area contributed by atoms with Crippen molar-refractivity contribution in [3.8, 4) is 10.8 Å². The van der Waals surface area contributed by atoms with Crippen LogP contribution in [0.1, 0.15) is 49.1 Å². The van der Waals surface area contributed by atoms with Crippen LogP contribution in [0.25, 0.3) is 21.0 Å². The number of nitrogens with zero attached hydrogens (tertiary/aromatic N) is 1. The van der Waals surface area contributed by atoms with Gasteiger partial charge in [-0.25, -0.2) is 4.98 Å². The second-order valence-electron chi connectivity index (χ2n) is 6.89. The van der Waals surface area contributed by atoms with E-state index in [1.165, 1.54) is 32.1 Å². The maximum absolute atomic E-state index is 12.3. The summed E-state index contributed by atoms with van der Waals surface area (Å²) in [6, 6.07) is 11.5. The molecule has 1 amide bonds. The van der Waals surface area contributed by atoms with E-state index >= 15 is 0 Å². The van der Waals surface area contributed by atoms with Gasteiger partial charge < -0.3 is 14.5 Å². The Labute approximate surface area is 162 Å². The van der Waals surface area contributed by atoms with Crippen molar-refractivity contribution in [1.29, 1.82) is 0 Å². The van der Waals surface area contributed by atoms with Crippen molar-refractivity contribution in [2.24, 2.45) is 0 Å². The van der Waals surface area contributed by atoms with Gasteiger partial charge in [0.1, 0.15) is 0 Å². The first kappa shape index (κ1) is 18.2. The summed E-state index contributed by atoms with van der Waals surface area (Å²) in [5.41, 5.74) is 0.942. The number of rotatable bonds is 7. The second kappa shape index (κ2) is 8.67. The number of hydrogen-bond donors (Lipinski definition) is 1. The lowest BCUT2D eigenvalue weighted by Gasteiger charge is -2.21. The smallest absolute Gasteiger partial charge is 0.287 e. The third-order valence-corrected chi connectivity index (χ3v) is 5.90. The molecule has 1 N–H and O–H groups in total. The van der Waals surface area contributed by atoms with Gasteiger partial charge in [0, 0.05) is 13.2 Å². The summed E-state index contributed by atoms with van der Waals surface area (Å²) in [7, 11) is 0. The third-order valence-electron chi connectivity index (χ3n) is 4.85. The summed E-state index contributed by atoms with van der Waals surface area (Å²) in [6.45, 7) is 1.28. The normalized spacial score (nSPS) is 15.3. The number of carbonyl (C=O) groups is 1. The van der Waals surface area contributed by atoms with E-state index in [9.17, 15) is 4.79 Å². The summed E-state index contributed by atoms with van der Waals surface area (Å²) in [5.74, 6) is 0.750. The molecule has 3 aromatic rings. The van der Waals surface area contributed by atoms with E-state index in [0.717, 1.165) is 21.6 Å². The van der Waals surface area contributed by atoms with Gasteiger partial charge in [-0.2, -0.15) is 0 Å². The van der Waals surface area contributed by atoms with Gasteiger partial charge >= 0.3 is 0 Å². The average molecular weight is 385 g/mol. The molecule has 1 fully saturated rings. The molecule has 0 atom stereocenters. The zero-order valence-corrected chi connectivity index (χ0v) is 16.1. The zero-order chi connectivity index (χ0) is 18.5. The highest BCUT2D eigenvalue weighted by atomic mass is 32.1. The lowest BCUT2D eigenvalue weighted by atomic mass is 9.98. The van der Waals surface area contributed by atoms with Crippen LogP contribution in [0.4, 0.5) is 0 Å². The van der Waals surface area contributed by atoms with Crippen molar-refractivity contribution in [2.75, 3.05) is 13.2 Å². The molecule has 5 nitrogen and oxygen atoms in total. The first-order valence-electron chi connectivity index (χ1n) is 9.65. The Morgan fingerprint density at radius 3 is 2.89 bits per heavy atom. The quantitative estimate of drug-likeness (QED) is 0.581. The van der Waals surface area contributed by atoms with Gasteiger partial charge in [0.05, 0.1) is 16.3 Å². The first-order chi connectivity index (χ1) is 13.3. The monoisotopic (exact) mass is 384 g/mol. The lowest BCUT2D eigenvalue weighted by Crippen LogP contribution is -2.25.